The zero-order chi connectivity index (χ0) is 19.8. The fourth-order valence-corrected chi connectivity index (χ4v) is 3.02. The van der Waals surface area contributed by atoms with Crippen molar-refractivity contribution in [3.63, 3.8) is 0 Å². The van der Waals surface area contributed by atoms with Gasteiger partial charge in [-0.1, -0.05) is 42.5 Å². The van der Waals surface area contributed by atoms with E-state index in [0.717, 1.165) is 10.8 Å². The number of carbonyl (C=O) groups excluding carboxylic acids is 3. The zero-order valence-electron chi connectivity index (χ0n) is 15.8. The average molecular weight is 372 g/mol. The van der Waals surface area contributed by atoms with E-state index in [1.165, 1.54) is 7.11 Å². The lowest BCUT2D eigenvalue weighted by Gasteiger charge is -2.24. The summed E-state index contributed by atoms with van der Waals surface area (Å²) >= 11 is 0. The highest BCUT2D eigenvalue weighted by molar-refractivity contribution is 5.97. The first-order valence-corrected chi connectivity index (χ1v) is 8.90. The van der Waals surface area contributed by atoms with Crippen molar-refractivity contribution in [3.8, 4) is 0 Å². The highest BCUT2D eigenvalue weighted by Crippen LogP contribution is 2.33. The van der Waals surface area contributed by atoms with Crippen molar-refractivity contribution in [2.24, 2.45) is 5.92 Å². The molecule has 0 saturated carbocycles. The molecule has 2 rings (SSSR count). The molecule has 2 aromatic carbocycles. The Morgan fingerprint density at radius 2 is 1.48 bits per heavy atom. The molecule has 27 heavy (non-hydrogen) atoms. The lowest BCUT2D eigenvalue weighted by atomic mass is 9.82. The normalized spacial score (nSPS) is 11.9. The molecule has 2 aromatic rings. The predicted molar refractivity (Wildman–Crippen MR) is 100 cm³/mol. The molecule has 6 nitrogen and oxygen atoms in total. The Morgan fingerprint density at radius 1 is 0.889 bits per heavy atom. The molecule has 144 valence electrons. The van der Waals surface area contributed by atoms with Crippen LogP contribution in [0.4, 0.5) is 0 Å². The molecule has 0 N–H and O–H groups in total. The topological polar surface area (TPSA) is 78.9 Å². The van der Waals surface area contributed by atoms with E-state index in [-0.39, 0.29) is 19.6 Å². The van der Waals surface area contributed by atoms with Crippen molar-refractivity contribution in [2.75, 3.05) is 20.3 Å². The lowest BCUT2D eigenvalue weighted by Crippen LogP contribution is -2.34. The smallest absolute Gasteiger partial charge is 0.320 e. The maximum Gasteiger partial charge on any atom is 0.320 e. The van der Waals surface area contributed by atoms with Crippen LogP contribution in [0.1, 0.15) is 31.7 Å². The van der Waals surface area contributed by atoms with Gasteiger partial charge in [0.05, 0.1) is 26.7 Å². The number of esters is 3. The molecular weight excluding hydrogens is 348 g/mol. The van der Waals surface area contributed by atoms with Gasteiger partial charge in [0.2, 0.25) is 0 Å². The van der Waals surface area contributed by atoms with Crippen LogP contribution in [-0.2, 0) is 28.6 Å². The predicted octanol–water partition coefficient (Wildman–Crippen LogP) is 3.23. The lowest BCUT2D eigenvalue weighted by molar-refractivity contribution is -0.163. The van der Waals surface area contributed by atoms with Gasteiger partial charge < -0.3 is 14.2 Å². The summed E-state index contributed by atoms with van der Waals surface area (Å²) in [7, 11) is 1.27. The van der Waals surface area contributed by atoms with Crippen LogP contribution in [0.3, 0.4) is 0 Å². The molecule has 0 aliphatic rings. The molecule has 0 heterocycles. The van der Waals surface area contributed by atoms with E-state index in [2.05, 4.69) is 0 Å². The first-order chi connectivity index (χ1) is 13.0. The number of benzene rings is 2. The number of methoxy groups -OCH3 is 1. The fraction of sp³-hybridized carbons (Fsp3) is 0.381. The van der Waals surface area contributed by atoms with Crippen LogP contribution < -0.4 is 0 Å². The molecule has 0 amide bonds. The van der Waals surface area contributed by atoms with Crippen LogP contribution in [0, 0.1) is 5.92 Å². The second kappa shape index (κ2) is 9.71. The Hall–Kier alpha value is -2.89. The van der Waals surface area contributed by atoms with Gasteiger partial charge in [0, 0.05) is 5.92 Å². The van der Waals surface area contributed by atoms with Gasteiger partial charge in [0.25, 0.3) is 0 Å². The molecule has 0 fully saturated rings. The molecule has 6 heteroatoms. The van der Waals surface area contributed by atoms with E-state index in [1.807, 2.05) is 36.4 Å². The number of ether oxygens (including phenoxy) is 3. The molecule has 0 saturated heterocycles. The minimum absolute atomic E-state index is 0.122. The van der Waals surface area contributed by atoms with Crippen molar-refractivity contribution in [1.29, 1.82) is 0 Å². The summed E-state index contributed by atoms with van der Waals surface area (Å²) in [5.74, 6) is -3.94. The first-order valence-electron chi connectivity index (χ1n) is 8.90. The summed E-state index contributed by atoms with van der Waals surface area (Å²) in [5, 5.41) is 1.96. The molecule has 1 atom stereocenters. The highest BCUT2D eigenvalue weighted by atomic mass is 16.6. The second-order valence-electron chi connectivity index (χ2n) is 5.98. The molecule has 0 spiro atoms. The molecule has 0 aliphatic heterocycles. The molecule has 0 radical (unpaired) electrons. The molecule has 0 bridgehead atoms. The summed E-state index contributed by atoms with van der Waals surface area (Å²) in [5.41, 5.74) is 0.671. The number of carbonyl (C=O) groups is 3. The van der Waals surface area contributed by atoms with Gasteiger partial charge in [-0.3, -0.25) is 14.4 Å². The monoisotopic (exact) mass is 372 g/mol. The van der Waals surface area contributed by atoms with Crippen LogP contribution in [-0.4, -0.2) is 38.2 Å². The minimum Gasteiger partial charge on any atom is -0.469 e. The van der Waals surface area contributed by atoms with Crippen molar-refractivity contribution < 1.29 is 28.6 Å². The van der Waals surface area contributed by atoms with Gasteiger partial charge in [-0.2, -0.15) is 0 Å². The second-order valence-corrected chi connectivity index (χ2v) is 5.98. The Labute approximate surface area is 158 Å². The Kier molecular flexibility index (Phi) is 7.34. The van der Waals surface area contributed by atoms with E-state index >= 15 is 0 Å². The molecule has 0 aliphatic carbocycles. The van der Waals surface area contributed by atoms with Crippen molar-refractivity contribution in [3.05, 3.63) is 48.0 Å². The number of hydrogen-bond acceptors (Lipinski definition) is 6. The third-order valence-corrected chi connectivity index (χ3v) is 4.30. The third-order valence-electron chi connectivity index (χ3n) is 4.30. The number of rotatable bonds is 8. The van der Waals surface area contributed by atoms with Gasteiger partial charge in [-0.05, 0) is 30.2 Å². The SMILES string of the molecule is CCOC(=O)C(C(=O)OCC)[C@@H](CC(=O)OC)c1ccc2ccccc2c1. The number of fused-ring (bicyclic) bond motifs is 1. The summed E-state index contributed by atoms with van der Waals surface area (Å²) in [4.78, 5) is 37.1. The Morgan fingerprint density at radius 3 is 2.04 bits per heavy atom. The van der Waals surface area contributed by atoms with E-state index in [9.17, 15) is 14.4 Å². The van der Waals surface area contributed by atoms with Crippen LogP contribution in [0.2, 0.25) is 0 Å². The van der Waals surface area contributed by atoms with Crippen LogP contribution in [0.25, 0.3) is 10.8 Å². The summed E-state index contributed by atoms with van der Waals surface area (Å²) in [6.07, 6.45) is -0.142. The average Bonchev–Trinajstić information content (AvgIpc) is 2.67. The molecular formula is C21H24O6. The van der Waals surface area contributed by atoms with Crippen LogP contribution >= 0.6 is 0 Å². The Bertz CT molecular complexity index is 795. The van der Waals surface area contributed by atoms with Gasteiger partial charge >= 0.3 is 17.9 Å². The maximum atomic E-state index is 12.5. The van der Waals surface area contributed by atoms with Gasteiger partial charge in [0.1, 0.15) is 0 Å². The summed E-state index contributed by atoms with van der Waals surface area (Å²) < 4.78 is 14.9. The van der Waals surface area contributed by atoms with E-state index in [0.29, 0.717) is 5.56 Å². The quantitative estimate of drug-likeness (QED) is 0.402. The van der Waals surface area contributed by atoms with Crippen LogP contribution in [0.5, 0.6) is 0 Å². The number of hydrogen-bond donors (Lipinski definition) is 0. The third kappa shape index (κ3) is 5.06. The largest absolute Gasteiger partial charge is 0.469 e. The van der Waals surface area contributed by atoms with E-state index < -0.39 is 29.7 Å². The summed E-state index contributed by atoms with van der Waals surface area (Å²) in [6, 6.07) is 13.3. The van der Waals surface area contributed by atoms with Crippen molar-refractivity contribution >= 4 is 28.7 Å². The Balaban J connectivity index is 2.52. The van der Waals surface area contributed by atoms with Crippen LogP contribution in [0.15, 0.2) is 42.5 Å². The van der Waals surface area contributed by atoms with Gasteiger partial charge in [-0.15, -0.1) is 0 Å². The van der Waals surface area contributed by atoms with Gasteiger partial charge in [-0.25, -0.2) is 0 Å². The molecule has 0 aromatic heterocycles. The van der Waals surface area contributed by atoms with E-state index in [1.54, 1.807) is 19.9 Å². The van der Waals surface area contributed by atoms with E-state index in [4.69, 9.17) is 14.2 Å². The van der Waals surface area contributed by atoms with Crippen molar-refractivity contribution in [2.45, 2.75) is 26.2 Å². The highest BCUT2D eigenvalue weighted by Gasteiger charge is 2.39. The van der Waals surface area contributed by atoms with Crippen molar-refractivity contribution in [1.82, 2.24) is 0 Å². The van der Waals surface area contributed by atoms with Gasteiger partial charge in [0.15, 0.2) is 5.92 Å². The standard InChI is InChI=1S/C21H24O6/c1-4-26-20(23)19(21(24)27-5-2)17(13-18(22)25-3)16-11-10-14-8-6-7-9-15(14)12-16/h6-12,17,19H,4-5,13H2,1-3H3/t17-/m0/s1. The first kappa shape index (κ1) is 20.4. The summed E-state index contributed by atoms with van der Waals surface area (Å²) in [6.45, 7) is 3.56. The fourth-order valence-electron chi connectivity index (χ4n) is 3.02. The zero-order valence-corrected chi connectivity index (χ0v) is 15.8. The minimum atomic E-state index is -1.25. The molecule has 0 unspecified atom stereocenters. The maximum absolute atomic E-state index is 12.5.